The van der Waals surface area contributed by atoms with Gasteiger partial charge in [-0.05, 0) is 55.7 Å². The number of nitrogens with zero attached hydrogens (tertiary/aromatic N) is 6. The Morgan fingerprint density at radius 3 is 2.65 bits per heavy atom. The summed E-state index contributed by atoms with van der Waals surface area (Å²) in [7, 11) is 1.47. The average molecular weight is 517 g/mol. The molecular weight excluding hydrogens is 494 g/mol. The van der Waals surface area contributed by atoms with Gasteiger partial charge in [-0.3, -0.25) is 9.79 Å². The molecule has 2 aromatic carbocycles. The first-order chi connectivity index (χ1) is 17.6. The molecule has 37 heavy (non-hydrogen) atoms. The van der Waals surface area contributed by atoms with E-state index in [0.29, 0.717) is 33.3 Å². The third kappa shape index (κ3) is 5.76. The molecule has 1 atom stereocenters. The van der Waals surface area contributed by atoms with Gasteiger partial charge in [0.15, 0.2) is 0 Å². The van der Waals surface area contributed by atoms with E-state index in [4.69, 9.17) is 10.6 Å². The van der Waals surface area contributed by atoms with Crippen molar-refractivity contribution in [2.24, 2.45) is 15.9 Å². The molecule has 2 heterocycles. The zero-order chi connectivity index (χ0) is 26.7. The van der Waals surface area contributed by atoms with E-state index in [-0.39, 0.29) is 24.2 Å². The van der Waals surface area contributed by atoms with E-state index in [9.17, 15) is 22.4 Å². The number of fused-ring (bicyclic) bond motifs is 1. The number of hydrazone groups is 1. The smallest absolute Gasteiger partial charge is 0.406 e. The summed E-state index contributed by atoms with van der Waals surface area (Å²) >= 11 is 0. The van der Waals surface area contributed by atoms with E-state index in [1.807, 2.05) is 0 Å². The largest absolute Gasteiger partial charge is 0.494 e. The number of hydrogen-bond donors (Lipinski definition) is 1. The number of amides is 1. The Morgan fingerprint density at radius 1 is 1.24 bits per heavy atom. The van der Waals surface area contributed by atoms with Gasteiger partial charge in [0.05, 0.1) is 13.3 Å². The number of hydrogen-bond acceptors (Lipinski definition) is 7. The molecule has 1 aliphatic heterocycles. The van der Waals surface area contributed by atoms with Gasteiger partial charge in [-0.15, -0.1) is 0 Å². The fourth-order valence-corrected chi connectivity index (χ4v) is 4.04. The molecule has 0 saturated heterocycles. The van der Waals surface area contributed by atoms with Gasteiger partial charge in [-0.25, -0.2) is 14.1 Å². The third-order valence-corrected chi connectivity index (χ3v) is 5.75. The van der Waals surface area contributed by atoms with E-state index >= 15 is 0 Å². The van der Waals surface area contributed by atoms with Gasteiger partial charge in [0.1, 0.15) is 47.7 Å². The quantitative estimate of drug-likeness (QED) is 0.233. The van der Waals surface area contributed by atoms with Crippen molar-refractivity contribution in [2.75, 3.05) is 18.6 Å². The number of aryl methyl sites for hydroxylation is 2. The Balaban J connectivity index is 1.62. The minimum Gasteiger partial charge on any atom is -0.494 e. The summed E-state index contributed by atoms with van der Waals surface area (Å²) in [6, 6.07) is 7.19. The minimum atomic E-state index is -4.66. The number of ether oxygens (including phenoxy) is 1. The Bertz CT molecular complexity index is 1370. The lowest BCUT2D eigenvalue weighted by Crippen LogP contribution is -2.43. The topological polar surface area (TPSA) is 111 Å². The highest BCUT2D eigenvalue weighted by Gasteiger charge is 2.38. The first-order valence-corrected chi connectivity index (χ1v) is 11.1. The lowest BCUT2D eigenvalue weighted by Gasteiger charge is -2.25. The summed E-state index contributed by atoms with van der Waals surface area (Å²) in [6.45, 7) is 0.224. The number of carbonyl (C=O) groups is 1. The van der Waals surface area contributed by atoms with E-state index < -0.39 is 30.5 Å². The molecule has 0 bridgehead atoms. The molecule has 194 valence electrons. The summed E-state index contributed by atoms with van der Waals surface area (Å²) in [4.78, 5) is 22.1. The summed E-state index contributed by atoms with van der Waals surface area (Å²) in [5.41, 5.74) is 1.57. The maximum atomic E-state index is 13.8. The molecule has 0 spiro atoms. The van der Waals surface area contributed by atoms with Crippen LogP contribution in [0.3, 0.4) is 0 Å². The summed E-state index contributed by atoms with van der Waals surface area (Å²) in [5.74, 6) is 5.11. The van der Waals surface area contributed by atoms with Gasteiger partial charge >= 0.3 is 6.18 Å². The predicted octanol–water partition coefficient (Wildman–Crippen LogP) is 3.37. The highest BCUT2D eigenvalue weighted by molar-refractivity contribution is 6.38. The van der Waals surface area contributed by atoms with Crippen LogP contribution in [0.25, 0.3) is 5.69 Å². The fourth-order valence-electron chi connectivity index (χ4n) is 4.04. The molecule has 9 nitrogen and oxygen atoms in total. The Hall–Kier alpha value is -4.29. The van der Waals surface area contributed by atoms with Crippen molar-refractivity contribution in [2.45, 2.75) is 32.0 Å². The second-order valence-corrected chi connectivity index (χ2v) is 8.28. The van der Waals surface area contributed by atoms with Gasteiger partial charge in [0.25, 0.3) is 5.91 Å². The van der Waals surface area contributed by atoms with E-state index in [2.05, 4.69) is 20.2 Å². The highest BCUT2D eigenvalue weighted by Crippen LogP contribution is 2.32. The minimum absolute atomic E-state index is 0.0119. The lowest BCUT2D eigenvalue weighted by atomic mass is 10.1. The molecule has 0 fully saturated rings. The summed E-state index contributed by atoms with van der Waals surface area (Å²) in [5, 5.41) is 7.98. The van der Waals surface area contributed by atoms with Crippen LogP contribution >= 0.6 is 0 Å². The van der Waals surface area contributed by atoms with Crippen LogP contribution in [0, 0.1) is 12.7 Å². The van der Waals surface area contributed by atoms with Gasteiger partial charge < -0.3 is 15.5 Å². The molecule has 1 aliphatic rings. The molecule has 1 amide bonds. The van der Waals surface area contributed by atoms with Crippen molar-refractivity contribution < 1.29 is 27.1 Å². The monoisotopic (exact) mass is 517 g/mol. The predicted molar refractivity (Wildman–Crippen MR) is 129 cm³/mol. The molecule has 4 rings (SSSR count). The normalized spacial score (nSPS) is 16.7. The van der Waals surface area contributed by atoms with Crippen molar-refractivity contribution in [3.8, 4) is 11.4 Å². The lowest BCUT2D eigenvalue weighted by molar-refractivity contribution is -0.133. The number of aromatic nitrogens is 3. The Kier molecular flexibility index (Phi) is 7.23. The number of rotatable bonds is 6. The molecular formula is C24H23F4N7O2. The standard InChI is InChI=1S/C24H23F4N7O2/c1-14-31-13-35(33-14)21-7-4-15(10-22(21)37-2)19(32-29)11-30-18-6-3-16-9-17(25)5-8-20(16)34(23(18)36)12-24(26,27)28/h4-5,7-11,13,18H,3,6,12,29H2,1-2H3. The van der Waals surface area contributed by atoms with Gasteiger partial charge in [0.2, 0.25) is 0 Å². The maximum Gasteiger partial charge on any atom is 0.406 e. The van der Waals surface area contributed by atoms with Crippen LogP contribution in [0.2, 0.25) is 0 Å². The van der Waals surface area contributed by atoms with Gasteiger partial charge in [0, 0.05) is 11.3 Å². The SMILES string of the molecule is COc1cc(C(C=NC2CCc3cc(F)ccc3N(CC(F)(F)F)C2=O)=NN)ccc1-n1cnc(C)n1. The van der Waals surface area contributed by atoms with Crippen LogP contribution in [-0.4, -0.2) is 58.5 Å². The molecule has 1 aromatic heterocycles. The van der Waals surface area contributed by atoms with Crippen LogP contribution in [-0.2, 0) is 11.2 Å². The average Bonchev–Trinajstić information content (AvgIpc) is 3.25. The maximum absolute atomic E-state index is 13.8. The second-order valence-electron chi connectivity index (χ2n) is 8.28. The van der Waals surface area contributed by atoms with Crippen LogP contribution in [0.15, 0.2) is 52.8 Å². The van der Waals surface area contributed by atoms with Crippen LogP contribution < -0.4 is 15.5 Å². The van der Waals surface area contributed by atoms with Crippen LogP contribution in [0.4, 0.5) is 23.2 Å². The van der Waals surface area contributed by atoms with E-state index in [0.717, 1.165) is 12.1 Å². The van der Waals surface area contributed by atoms with Gasteiger partial charge in [-0.2, -0.15) is 23.4 Å². The summed E-state index contributed by atoms with van der Waals surface area (Å²) in [6.07, 6.45) is -1.67. The molecule has 0 saturated carbocycles. The number of nitrogens with two attached hydrogens (primary N) is 1. The third-order valence-electron chi connectivity index (χ3n) is 5.75. The number of halogens is 4. The van der Waals surface area contributed by atoms with Crippen molar-refractivity contribution in [1.29, 1.82) is 0 Å². The van der Waals surface area contributed by atoms with Crippen molar-refractivity contribution >= 4 is 23.5 Å². The number of alkyl halides is 3. The number of carbonyl (C=O) groups excluding carboxylic acids is 1. The van der Waals surface area contributed by atoms with Crippen LogP contribution in [0.5, 0.6) is 5.75 Å². The van der Waals surface area contributed by atoms with E-state index in [1.165, 1.54) is 30.4 Å². The molecule has 3 aromatic rings. The summed E-state index contributed by atoms with van der Waals surface area (Å²) < 4.78 is 60.7. The second kappa shape index (κ2) is 10.4. The number of benzene rings is 2. The molecule has 0 aliphatic carbocycles. The highest BCUT2D eigenvalue weighted by atomic mass is 19.4. The first kappa shape index (κ1) is 25.8. The zero-order valence-electron chi connectivity index (χ0n) is 19.9. The number of methoxy groups -OCH3 is 1. The number of aliphatic imine (C=N–C) groups is 1. The van der Waals surface area contributed by atoms with Gasteiger partial charge in [-0.1, -0.05) is 6.07 Å². The molecule has 2 N–H and O–H groups in total. The fraction of sp³-hybridized carbons (Fsp3) is 0.292. The molecule has 0 radical (unpaired) electrons. The van der Waals surface area contributed by atoms with Crippen molar-refractivity contribution in [3.63, 3.8) is 0 Å². The van der Waals surface area contributed by atoms with Crippen LogP contribution in [0.1, 0.15) is 23.4 Å². The zero-order valence-corrected chi connectivity index (χ0v) is 19.9. The van der Waals surface area contributed by atoms with E-state index in [1.54, 1.807) is 25.1 Å². The number of anilines is 1. The Morgan fingerprint density at radius 2 is 2.00 bits per heavy atom. The Labute approximate surface area is 209 Å². The van der Waals surface area contributed by atoms with Crippen molar-refractivity contribution in [1.82, 2.24) is 14.8 Å². The molecule has 13 heteroatoms. The van der Waals surface area contributed by atoms with Crippen molar-refractivity contribution in [3.05, 3.63) is 65.5 Å². The molecule has 1 unspecified atom stereocenters. The first-order valence-electron chi connectivity index (χ1n) is 11.1.